The molecule has 4 aromatic rings. The molecule has 2 aromatic heterocycles. The third-order valence-corrected chi connectivity index (χ3v) is 9.87. The van der Waals surface area contributed by atoms with Crippen LogP contribution in [0, 0.1) is 17.6 Å². The van der Waals surface area contributed by atoms with Crippen LogP contribution in [0.5, 0.6) is 11.5 Å². The molecule has 2 amide bonds. The summed E-state index contributed by atoms with van der Waals surface area (Å²) in [5.74, 6) is -3.36. The Morgan fingerprint density at radius 1 is 1.22 bits per heavy atom. The first-order valence-electron chi connectivity index (χ1n) is 14.8. The minimum Gasteiger partial charge on any atom is -0.494 e. The molecule has 2 fully saturated rings. The number of nitrogens with two attached hydrogens (primary N) is 1. The predicted octanol–water partition coefficient (Wildman–Crippen LogP) is 5.19. The molecule has 2 aromatic carbocycles. The Bertz CT molecular complexity index is 1960. The molecule has 4 N–H and O–H groups in total. The number of hydrogen-bond acceptors (Lipinski definition) is 7. The van der Waals surface area contributed by atoms with Crippen molar-refractivity contribution in [2.45, 2.75) is 49.7 Å². The number of nitrogens with one attached hydrogen (secondary N) is 1. The van der Waals surface area contributed by atoms with E-state index in [-0.39, 0.29) is 57.9 Å². The number of aliphatic hydroxyl groups is 1. The first kappa shape index (κ1) is 30.6. The number of hydrogen-bond donors (Lipinski definition) is 3. The molecule has 46 heavy (non-hydrogen) atoms. The lowest BCUT2D eigenvalue weighted by atomic mass is 9.81. The van der Waals surface area contributed by atoms with E-state index in [0.717, 1.165) is 30.4 Å². The van der Waals surface area contributed by atoms with Gasteiger partial charge in [-0.25, -0.2) is 13.8 Å². The summed E-state index contributed by atoms with van der Waals surface area (Å²) in [4.78, 5) is 30.8. The van der Waals surface area contributed by atoms with E-state index in [0.29, 0.717) is 30.1 Å². The minimum atomic E-state index is -1.86. The van der Waals surface area contributed by atoms with E-state index in [1.807, 2.05) is 10.9 Å². The Hall–Kier alpha value is -4.00. The lowest BCUT2D eigenvalue weighted by Gasteiger charge is -2.31. The smallest absolute Gasteiger partial charge is 0.251 e. The number of rotatable bonds is 9. The van der Waals surface area contributed by atoms with Crippen LogP contribution in [0.25, 0.3) is 22.2 Å². The highest BCUT2D eigenvalue weighted by Gasteiger charge is 2.52. The largest absolute Gasteiger partial charge is 0.494 e. The molecule has 1 aliphatic heterocycles. The molecular formula is C32H29Cl2F2N5O5. The Morgan fingerprint density at radius 3 is 2.61 bits per heavy atom. The number of methoxy groups -OCH3 is 1. The van der Waals surface area contributed by atoms with Crippen molar-refractivity contribution in [2.75, 3.05) is 20.3 Å². The summed E-state index contributed by atoms with van der Waals surface area (Å²) in [6.07, 6.45) is 5.11. The fourth-order valence-electron chi connectivity index (χ4n) is 6.08. The number of amides is 2. The average Bonchev–Trinajstić information content (AvgIpc) is 3.98. The number of fused-ring (bicyclic) bond motifs is 2. The highest BCUT2D eigenvalue weighted by Crippen LogP contribution is 2.54. The van der Waals surface area contributed by atoms with E-state index >= 15 is 4.39 Å². The molecule has 2 aliphatic carbocycles. The van der Waals surface area contributed by atoms with Crippen LogP contribution in [-0.2, 0) is 15.8 Å². The van der Waals surface area contributed by atoms with Crippen molar-refractivity contribution >= 4 is 45.9 Å². The first-order valence-corrected chi connectivity index (χ1v) is 15.5. The maximum absolute atomic E-state index is 15.4. The van der Waals surface area contributed by atoms with Gasteiger partial charge in [0.2, 0.25) is 5.91 Å². The Labute approximate surface area is 271 Å². The van der Waals surface area contributed by atoms with Gasteiger partial charge in [0.25, 0.3) is 5.91 Å². The van der Waals surface area contributed by atoms with Crippen LogP contribution in [-0.4, -0.2) is 51.9 Å². The van der Waals surface area contributed by atoms with Gasteiger partial charge in [-0.2, -0.15) is 5.10 Å². The predicted molar refractivity (Wildman–Crippen MR) is 165 cm³/mol. The standard InChI is InChI=1S/C32H29Cl2F2N5O5/c1-31(30(37)43)13-46-27-21(31)23(34)28(39-26(27)18-7-8-19(35)22(33)24(18)36)32(44,16-3-4-16)12-38-29(42)14-9-15-11-41(17-5-6-17)40-25(15)20(10-14)45-2/h7-11,16-17,44H,3-6,12-13H2,1-2H3,(H2,37,43)(H,38,42)/t31-,32?/m0/s1. The van der Waals surface area contributed by atoms with Gasteiger partial charge in [0.15, 0.2) is 11.6 Å². The second kappa shape index (κ2) is 10.8. The number of benzene rings is 2. The van der Waals surface area contributed by atoms with Gasteiger partial charge in [0, 0.05) is 28.3 Å². The number of aromatic nitrogens is 3. The van der Waals surface area contributed by atoms with Gasteiger partial charge in [0.05, 0.1) is 30.4 Å². The summed E-state index contributed by atoms with van der Waals surface area (Å²) in [5, 5.41) is 19.6. The monoisotopic (exact) mass is 671 g/mol. The van der Waals surface area contributed by atoms with Gasteiger partial charge < -0.3 is 25.6 Å². The average molecular weight is 673 g/mol. The Kier molecular flexibility index (Phi) is 7.18. The van der Waals surface area contributed by atoms with Crippen LogP contribution >= 0.6 is 23.2 Å². The van der Waals surface area contributed by atoms with E-state index < -0.39 is 39.5 Å². The molecule has 3 heterocycles. The molecule has 2 saturated carbocycles. The quantitative estimate of drug-likeness (QED) is 0.208. The van der Waals surface area contributed by atoms with Gasteiger partial charge in [-0.3, -0.25) is 14.3 Å². The highest BCUT2D eigenvalue weighted by atomic mass is 35.5. The van der Waals surface area contributed by atoms with Crippen LogP contribution < -0.4 is 20.5 Å². The Balaban J connectivity index is 1.30. The van der Waals surface area contributed by atoms with Gasteiger partial charge in [-0.15, -0.1) is 0 Å². The second-order valence-electron chi connectivity index (χ2n) is 12.4. The molecule has 14 heteroatoms. The lowest BCUT2D eigenvalue weighted by molar-refractivity contribution is -0.123. The second-order valence-corrected chi connectivity index (χ2v) is 13.1. The summed E-state index contributed by atoms with van der Waals surface area (Å²) in [5.41, 5.74) is 2.99. The number of carbonyl (C=O) groups is 2. The molecule has 0 spiro atoms. The summed E-state index contributed by atoms with van der Waals surface area (Å²) in [6.45, 7) is 0.956. The van der Waals surface area contributed by atoms with E-state index in [1.165, 1.54) is 14.0 Å². The highest BCUT2D eigenvalue weighted by molar-refractivity contribution is 6.33. The summed E-state index contributed by atoms with van der Waals surface area (Å²) >= 11 is 12.8. The maximum Gasteiger partial charge on any atom is 0.251 e. The molecule has 0 radical (unpaired) electrons. The summed E-state index contributed by atoms with van der Waals surface area (Å²) in [7, 11) is 1.50. The summed E-state index contributed by atoms with van der Waals surface area (Å²) in [6, 6.07) is 5.71. The van der Waals surface area contributed by atoms with Crippen molar-refractivity contribution in [2.24, 2.45) is 11.7 Å². The molecule has 0 saturated heterocycles. The zero-order valence-electron chi connectivity index (χ0n) is 24.8. The van der Waals surface area contributed by atoms with E-state index in [9.17, 15) is 19.1 Å². The van der Waals surface area contributed by atoms with Crippen LogP contribution in [0.1, 0.15) is 60.3 Å². The number of carbonyl (C=O) groups excluding carboxylic acids is 2. The first-order chi connectivity index (χ1) is 21.9. The van der Waals surface area contributed by atoms with Crippen molar-refractivity contribution in [3.63, 3.8) is 0 Å². The molecule has 2 atom stereocenters. The van der Waals surface area contributed by atoms with Crippen molar-refractivity contribution in [1.29, 1.82) is 0 Å². The van der Waals surface area contributed by atoms with Crippen LogP contribution in [0.3, 0.4) is 0 Å². The number of nitrogens with zero attached hydrogens (tertiary/aromatic N) is 3. The van der Waals surface area contributed by atoms with Crippen molar-refractivity contribution in [1.82, 2.24) is 20.1 Å². The topological polar surface area (TPSA) is 142 Å². The Morgan fingerprint density at radius 2 is 1.96 bits per heavy atom. The number of primary amides is 1. The lowest BCUT2D eigenvalue weighted by Crippen LogP contribution is -2.44. The van der Waals surface area contributed by atoms with Gasteiger partial charge in [0.1, 0.15) is 45.4 Å². The summed E-state index contributed by atoms with van der Waals surface area (Å²) < 4.78 is 42.7. The number of halogens is 4. The third-order valence-electron chi connectivity index (χ3n) is 9.16. The van der Waals surface area contributed by atoms with Crippen LogP contribution in [0.2, 0.25) is 10.0 Å². The molecule has 240 valence electrons. The number of pyridine rings is 1. The van der Waals surface area contributed by atoms with Crippen LogP contribution in [0.4, 0.5) is 8.78 Å². The van der Waals surface area contributed by atoms with Crippen molar-refractivity contribution < 1.29 is 33.0 Å². The minimum absolute atomic E-state index is 0.0362. The maximum atomic E-state index is 15.4. The van der Waals surface area contributed by atoms with Crippen molar-refractivity contribution in [3.8, 4) is 22.8 Å². The molecule has 1 unspecified atom stereocenters. The van der Waals surface area contributed by atoms with E-state index in [1.54, 1.807) is 12.1 Å². The van der Waals surface area contributed by atoms with Gasteiger partial charge in [-0.05, 0) is 62.8 Å². The molecule has 10 nitrogen and oxygen atoms in total. The SMILES string of the molecule is COc1cc(C(=O)NCC(O)(c2nc(-c3ccc(F)c(Cl)c3F)c3c(c2Cl)[C@@](C)(C(N)=O)CO3)C2CC2)cc2cn(C3CC3)nc12. The fourth-order valence-corrected chi connectivity index (χ4v) is 6.74. The third kappa shape index (κ3) is 4.76. The number of ether oxygens (including phenoxy) is 2. The molecule has 3 aliphatic rings. The van der Waals surface area contributed by atoms with E-state index in [4.69, 9.17) is 38.4 Å². The normalized spacial score (nSPS) is 20.2. The fraction of sp³-hybridized carbons (Fsp3) is 0.375. The van der Waals surface area contributed by atoms with Crippen molar-refractivity contribution in [3.05, 3.63) is 69.0 Å². The zero-order valence-corrected chi connectivity index (χ0v) is 26.3. The van der Waals surface area contributed by atoms with Gasteiger partial charge >= 0.3 is 0 Å². The zero-order chi connectivity index (χ0) is 32.7. The van der Waals surface area contributed by atoms with E-state index in [2.05, 4.69) is 15.4 Å². The van der Waals surface area contributed by atoms with Gasteiger partial charge in [-0.1, -0.05) is 23.2 Å². The van der Waals surface area contributed by atoms with Crippen LogP contribution in [0.15, 0.2) is 30.5 Å². The molecular weight excluding hydrogens is 643 g/mol. The molecule has 0 bridgehead atoms. The molecule has 7 rings (SSSR count).